The summed E-state index contributed by atoms with van der Waals surface area (Å²) < 4.78 is 1.26. The molecule has 2 aromatic heterocycles. The molecule has 0 saturated heterocycles. The number of pyridine rings is 1. The van der Waals surface area contributed by atoms with Crippen molar-refractivity contribution in [1.29, 1.82) is 0 Å². The van der Waals surface area contributed by atoms with Crippen molar-refractivity contribution < 1.29 is 30.3 Å². The predicted molar refractivity (Wildman–Crippen MR) is 170 cm³/mol. The van der Waals surface area contributed by atoms with Crippen molar-refractivity contribution in [3.63, 3.8) is 0 Å². The summed E-state index contributed by atoms with van der Waals surface area (Å²) in [6, 6.07) is 17.6. The van der Waals surface area contributed by atoms with Gasteiger partial charge in [-0.15, -0.1) is 23.6 Å². The Morgan fingerprint density at radius 2 is 1.49 bits per heavy atom. The predicted octanol–water partition coefficient (Wildman–Crippen LogP) is 9.42. The minimum atomic E-state index is -0.315. The van der Waals surface area contributed by atoms with Crippen LogP contribution in [0.2, 0.25) is 0 Å². The number of nitrogens with zero attached hydrogens (tertiary/aromatic N) is 1. The first-order valence-corrected chi connectivity index (χ1v) is 16.9. The van der Waals surface area contributed by atoms with Crippen LogP contribution in [0.25, 0.3) is 20.7 Å². The molecule has 1 aromatic carbocycles. The van der Waals surface area contributed by atoms with Gasteiger partial charge < -0.3 is 15.2 Å². The smallest absolute Gasteiger partial charge is 0.0626 e. The van der Waals surface area contributed by atoms with Crippen LogP contribution >= 0.6 is 11.3 Å². The van der Waals surface area contributed by atoms with Crippen molar-refractivity contribution in [1.82, 2.24) is 4.98 Å². The van der Waals surface area contributed by atoms with E-state index in [1.165, 1.54) is 35.8 Å². The topological polar surface area (TPSA) is 53.4 Å². The number of hydrogen-bond acceptors (Lipinski definition) is 4. The third-order valence-corrected chi connectivity index (χ3v) is 11.3. The second-order valence-electron chi connectivity index (χ2n) is 12.7. The van der Waals surface area contributed by atoms with E-state index >= 15 is 0 Å². The molecule has 0 bridgehead atoms. The Labute approximate surface area is 266 Å². The molecule has 0 aliphatic heterocycles. The fraction of sp³-hybridized carbons (Fsp3) is 0.639. The van der Waals surface area contributed by atoms with Crippen LogP contribution in [-0.2, 0) is 20.1 Å². The standard InChI is InChI=1S/C23H44O2.C13H8NS.Ir/c1-6-16(7-2)19-13-9-11-17-12-10-14-20(18(8-3)15(4)5)23(25)21(17)22(19)24;1-2-7-12-10(5-1)9-13(15-12)11-6-3-4-8-14-11;/h15-25H,6-14H2,1-5H3;1-8H;/q;-1;/t17?,18?,19-,20-,21?,22?,23?;;/m1../s1. The number of benzene rings is 1. The molecule has 5 heteroatoms. The maximum absolute atomic E-state index is 11.5. The molecular formula is C36H52IrNO2S-. The van der Waals surface area contributed by atoms with Crippen LogP contribution in [0.5, 0.6) is 0 Å². The van der Waals surface area contributed by atoms with Crippen molar-refractivity contribution in [3.05, 3.63) is 54.7 Å². The molecule has 2 N–H and O–H groups in total. The van der Waals surface area contributed by atoms with Gasteiger partial charge in [0.1, 0.15) is 0 Å². The van der Waals surface area contributed by atoms with E-state index in [0.29, 0.717) is 35.5 Å². The molecule has 1 radical (unpaired) electrons. The molecular weight excluding hydrogens is 703 g/mol. The number of aromatic nitrogens is 1. The summed E-state index contributed by atoms with van der Waals surface area (Å²) in [4.78, 5) is 5.43. The van der Waals surface area contributed by atoms with E-state index in [1.54, 1.807) is 11.3 Å². The first kappa shape index (κ1) is 34.4. The minimum absolute atomic E-state index is 0. The minimum Gasteiger partial charge on any atom is -0.392 e. The summed E-state index contributed by atoms with van der Waals surface area (Å²) >= 11 is 1.73. The number of hydrogen-bond donors (Lipinski definition) is 2. The summed E-state index contributed by atoms with van der Waals surface area (Å²) in [7, 11) is 0. The van der Waals surface area contributed by atoms with Crippen LogP contribution in [0, 0.1) is 47.5 Å². The van der Waals surface area contributed by atoms with Gasteiger partial charge in [0.15, 0.2) is 0 Å². The molecule has 2 aliphatic carbocycles. The third kappa shape index (κ3) is 8.30. The van der Waals surface area contributed by atoms with E-state index in [1.807, 2.05) is 30.5 Å². The van der Waals surface area contributed by atoms with Crippen LogP contribution in [0.15, 0.2) is 48.7 Å². The number of fused-ring (bicyclic) bond motifs is 2. The van der Waals surface area contributed by atoms with Gasteiger partial charge in [-0.2, -0.15) is 0 Å². The van der Waals surface area contributed by atoms with Crippen molar-refractivity contribution >= 4 is 21.4 Å². The first-order valence-electron chi connectivity index (χ1n) is 16.1. The molecule has 41 heavy (non-hydrogen) atoms. The monoisotopic (exact) mass is 755 g/mol. The molecule has 2 aliphatic rings. The summed E-state index contributed by atoms with van der Waals surface area (Å²) in [5.74, 6) is 3.18. The van der Waals surface area contributed by atoms with Crippen molar-refractivity contribution in [2.75, 3.05) is 0 Å². The van der Waals surface area contributed by atoms with Gasteiger partial charge in [0.05, 0.1) is 12.2 Å². The maximum atomic E-state index is 11.5. The molecule has 0 amide bonds. The van der Waals surface area contributed by atoms with Crippen molar-refractivity contribution in [2.24, 2.45) is 41.4 Å². The average molecular weight is 755 g/mol. The van der Waals surface area contributed by atoms with Crippen molar-refractivity contribution in [2.45, 2.75) is 105 Å². The zero-order valence-electron chi connectivity index (χ0n) is 25.8. The summed E-state index contributed by atoms with van der Waals surface area (Å²) in [5, 5.41) is 24.1. The molecule has 3 aromatic rings. The van der Waals surface area contributed by atoms with E-state index in [2.05, 4.69) is 63.9 Å². The van der Waals surface area contributed by atoms with E-state index in [4.69, 9.17) is 0 Å². The quantitative estimate of drug-likeness (QED) is 0.237. The zero-order valence-corrected chi connectivity index (χ0v) is 29.0. The Morgan fingerprint density at radius 1 is 0.854 bits per heavy atom. The molecule has 229 valence electrons. The first-order chi connectivity index (χ1) is 19.4. The Balaban J connectivity index is 0.000000245. The Hall–Kier alpha value is -1.10. The van der Waals surface area contributed by atoms with Gasteiger partial charge >= 0.3 is 0 Å². The summed E-state index contributed by atoms with van der Waals surface area (Å²) in [5.41, 5.74) is 0.999. The van der Waals surface area contributed by atoms with Crippen LogP contribution < -0.4 is 0 Å². The average Bonchev–Trinajstić information content (AvgIpc) is 3.26. The normalized spacial score (nSPS) is 27.2. The molecule has 5 rings (SSSR count). The fourth-order valence-electron chi connectivity index (χ4n) is 8.11. The largest absolute Gasteiger partial charge is 0.392 e. The molecule has 2 saturated carbocycles. The van der Waals surface area contributed by atoms with Gasteiger partial charge in [-0.05, 0) is 76.8 Å². The van der Waals surface area contributed by atoms with Crippen LogP contribution in [0.4, 0.5) is 0 Å². The van der Waals surface area contributed by atoms with Gasteiger partial charge in [-0.25, -0.2) is 11.3 Å². The van der Waals surface area contributed by atoms with E-state index in [-0.39, 0.29) is 38.2 Å². The van der Waals surface area contributed by atoms with Gasteiger partial charge in [-0.1, -0.05) is 91.0 Å². The number of rotatable bonds is 7. The number of aliphatic hydroxyl groups is 2. The van der Waals surface area contributed by atoms with Crippen molar-refractivity contribution in [3.8, 4) is 10.6 Å². The van der Waals surface area contributed by atoms with Gasteiger partial charge in [0.2, 0.25) is 0 Å². The van der Waals surface area contributed by atoms with E-state index < -0.39 is 0 Å². The summed E-state index contributed by atoms with van der Waals surface area (Å²) in [6.07, 6.45) is 11.8. The van der Waals surface area contributed by atoms with E-state index in [9.17, 15) is 10.2 Å². The third-order valence-electron chi connectivity index (χ3n) is 10.2. The van der Waals surface area contributed by atoms with Gasteiger partial charge in [-0.3, -0.25) is 0 Å². The zero-order chi connectivity index (χ0) is 28.6. The van der Waals surface area contributed by atoms with E-state index in [0.717, 1.165) is 42.7 Å². The Kier molecular flexibility index (Phi) is 14.0. The number of thiophene rings is 1. The Bertz CT molecular complexity index is 1110. The number of aliphatic hydroxyl groups excluding tert-OH is 2. The molecule has 7 atom stereocenters. The molecule has 0 spiro atoms. The summed E-state index contributed by atoms with van der Waals surface area (Å²) in [6.45, 7) is 11.4. The van der Waals surface area contributed by atoms with Crippen LogP contribution in [0.1, 0.15) is 92.4 Å². The van der Waals surface area contributed by atoms with Crippen LogP contribution in [-0.4, -0.2) is 27.4 Å². The second kappa shape index (κ2) is 16.7. The molecule has 2 heterocycles. The van der Waals surface area contributed by atoms with Gasteiger partial charge in [0, 0.05) is 37.9 Å². The molecule has 2 fully saturated rings. The SMILES string of the molecule is CCC(CC)[C@H]1CCCC2CCC[C@H](C(CC)C(C)C)C(O)C2C1O.[Ir].[c-]1c(-c2ccccn2)sc2ccccc12. The van der Waals surface area contributed by atoms with Gasteiger partial charge in [0.25, 0.3) is 0 Å². The fourth-order valence-corrected chi connectivity index (χ4v) is 9.09. The maximum Gasteiger partial charge on any atom is 0.0626 e. The molecule has 5 unspecified atom stereocenters. The molecule has 3 nitrogen and oxygen atoms in total. The second-order valence-corrected chi connectivity index (χ2v) is 13.7. The Morgan fingerprint density at radius 3 is 2.07 bits per heavy atom. The van der Waals surface area contributed by atoms with Crippen LogP contribution in [0.3, 0.4) is 0 Å².